The van der Waals surface area contributed by atoms with Gasteiger partial charge >= 0.3 is 0 Å². The number of nitrogens with two attached hydrogens (primary N) is 1. The highest BCUT2D eigenvalue weighted by atomic mass is 16.1. The highest BCUT2D eigenvalue weighted by Gasteiger charge is 2.49. The van der Waals surface area contributed by atoms with Gasteiger partial charge in [-0.3, -0.25) is 4.79 Å². The second-order valence-corrected chi connectivity index (χ2v) is 7.07. The van der Waals surface area contributed by atoms with Crippen LogP contribution in [0.4, 0.5) is 0 Å². The van der Waals surface area contributed by atoms with Gasteiger partial charge in [0.15, 0.2) is 0 Å². The van der Waals surface area contributed by atoms with Gasteiger partial charge in [0.05, 0.1) is 5.92 Å². The van der Waals surface area contributed by atoms with E-state index in [-0.39, 0.29) is 11.8 Å². The highest BCUT2D eigenvalue weighted by molar-refractivity contribution is 5.78. The van der Waals surface area contributed by atoms with Crippen LogP contribution < -0.4 is 11.1 Å². The third kappa shape index (κ3) is 1.97. The van der Waals surface area contributed by atoms with Crippen molar-refractivity contribution in [1.29, 1.82) is 0 Å². The molecule has 7 atom stereocenters. The van der Waals surface area contributed by atoms with Crippen LogP contribution in [0.2, 0.25) is 0 Å². The molecular formula is C15H26N2O. The first kappa shape index (κ1) is 12.5. The lowest BCUT2D eigenvalue weighted by molar-refractivity contribution is -0.126. The second-order valence-electron chi connectivity index (χ2n) is 7.07. The molecule has 0 aromatic carbocycles. The maximum Gasteiger partial charge on any atom is 0.222 e. The number of fused-ring (bicyclic) bond motifs is 2. The van der Waals surface area contributed by atoms with Gasteiger partial charge in [-0.25, -0.2) is 0 Å². The van der Waals surface area contributed by atoms with E-state index in [1.54, 1.807) is 0 Å². The van der Waals surface area contributed by atoms with Crippen LogP contribution in [0, 0.1) is 29.6 Å². The summed E-state index contributed by atoms with van der Waals surface area (Å²) in [5, 5.41) is 3.70. The first-order valence-corrected chi connectivity index (χ1v) is 7.61. The van der Waals surface area contributed by atoms with E-state index in [0.29, 0.717) is 23.9 Å². The zero-order valence-electron chi connectivity index (χ0n) is 11.6. The Kier molecular flexibility index (Phi) is 3.13. The maximum atomic E-state index is 11.8. The number of amides is 1. The molecule has 1 heterocycles. The van der Waals surface area contributed by atoms with E-state index >= 15 is 0 Å². The molecule has 0 radical (unpaired) electrons. The van der Waals surface area contributed by atoms with Gasteiger partial charge in [-0.15, -0.1) is 0 Å². The van der Waals surface area contributed by atoms with Crippen molar-refractivity contribution in [2.24, 2.45) is 35.3 Å². The Hall–Kier alpha value is -0.570. The third-order valence-electron chi connectivity index (χ3n) is 5.78. The fourth-order valence-electron chi connectivity index (χ4n) is 5.14. The van der Waals surface area contributed by atoms with Gasteiger partial charge < -0.3 is 11.1 Å². The summed E-state index contributed by atoms with van der Waals surface area (Å²) in [4.78, 5) is 11.8. The molecule has 1 saturated heterocycles. The van der Waals surface area contributed by atoms with Crippen molar-refractivity contribution in [2.45, 2.75) is 58.0 Å². The van der Waals surface area contributed by atoms with E-state index in [2.05, 4.69) is 19.2 Å². The average Bonchev–Trinajstić information content (AvgIpc) is 2.88. The van der Waals surface area contributed by atoms with Crippen molar-refractivity contribution in [3.8, 4) is 0 Å². The predicted molar refractivity (Wildman–Crippen MR) is 71.8 cm³/mol. The minimum atomic E-state index is -0.0883. The summed E-state index contributed by atoms with van der Waals surface area (Å²) in [6.45, 7) is 4.45. The minimum absolute atomic E-state index is 0.0468. The molecule has 3 fully saturated rings. The van der Waals surface area contributed by atoms with Crippen LogP contribution in [0.1, 0.15) is 46.0 Å². The summed E-state index contributed by atoms with van der Waals surface area (Å²) in [6, 6.07) is 0.872. The minimum Gasteiger partial charge on any atom is -0.369 e. The number of piperidine rings is 1. The highest BCUT2D eigenvalue weighted by Crippen LogP contribution is 2.51. The molecule has 0 spiro atoms. The van der Waals surface area contributed by atoms with Crippen LogP contribution in [0.15, 0.2) is 0 Å². The monoisotopic (exact) mass is 250 g/mol. The smallest absolute Gasteiger partial charge is 0.222 e. The Morgan fingerprint density at radius 1 is 1.17 bits per heavy atom. The third-order valence-corrected chi connectivity index (χ3v) is 5.78. The summed E-state index contributed by atoms with van der Waals surface area (Å²) < 4.78 is 0. The molecule has 3 nitrogen and oxygen atoms in total. The van der Waals surface area contributed by atoms with Crippen molar-refractivity contribution in [3.63, 3.8) is 0 Å². The van der Waals surface area contributed by atoms with E-state index in [1.807, 2.05) is 0 Å². The Morgan fingerprint density at radius 2 is 1.94 bits per heavy atom. The summed E-state index contributed by atoms with van der Waals surface area (Å²) in [7, 11) is 0. The SMILES string of the molecule is CC1CC(C)C(C(N)=O)C(C2CC3CCC2C3)N1. The van der Waals surface area contributed by atoms with Crippen LogP contribution in [0.5, 0.6) is 0 Å². The molecular weight excluding hydrogens is 224 g/mol. The van der Waals surface area contributed by atoms with Crippen LogP contribution in [0.25, 0.3) is 0 Å². The number of rotatable bonds is 2. The molecule has 2 aliphatic carbocycles. The van der Waals surface area contributed by atoms with E-state index in [1.165, 1.54) is 25.7 Å². The van der Waals surface area contributed by atoms with Crippen LogP contribution >= 0.6 is 0 Å². The molecule has 3 rings (SSSR count). The van der Waals surface area contributed by atoms with Crippen molar-refractivity contribution in [3.05, 3.63) is 0 Å². The molecule has 1 amide bonds. The number of hydrogen-bond acceptors (Lipinski definition) is 2. The molecule has 102 valence electrons. The van der Waals surface area contributed by atoms with Crippen LogP contribution in [-0.4, -0.2) is 18.0 Å². The molecule has 3 N–H and O–H groups in total. The van der Waals surface area contributed by atoms with Gasteiger partial charge in [-0.05, 0) is 56.3 Å². The lowest BCUT2D eigenvalue weighted by Gasteiger charge is -2.44. The van der Waals surface area contributed by atoms with Gasteiger partial charge in [0.25, 0.3) is 0 Å². The lowest BCUT2D eigenvalue weighted by atomic mass is 9.70. The Morgan fingerprint density at radius 3 is 2.50 bits per heavy atom. The molecule has 2 saturated carbocycles. The number of nitrogens with one attached hydrogen (secondary N) is 1. The predicted octanol–water partition coefficient (Wildman–Crippen LogP) is 1.91. The second kappa shape index (κ2) is 4.52. The first-order valence-electron chi connectivity index (χ1n) is 7.61. The topological polar surface area (TPSA) is 55.1 Å². The summed E-state index contributed by atoms with van der Waals surface area (Å²) in [6.07, 6.45) is 6.59. The largest absolute Gasteiger partial charge is 0.369 e. The number of carbonyl (C=O) groups excluding carboxylic acids is 1. The van der Waals surface area contributed by atoms with E-state index < -0.39 is 0 Å². The lowest BCUT2D eigenvalue weighted by Crippen LogP contribution is -2.58. The number of primary amides is 1. The summed E-state index contributed by atoms with van der Waals surface area (Å²) >= 11 is 0. The molecule has 3 aliphatic rings. The molecule has 2 bridgehead atoms. The fourth-order valence-corrected chi connectivity index (χ4v) is 5.14. The Bertz CT molecular complexity index is 343. The molecule has 0 aromatic rings. The molecule has 1 aliphatic heterocycles. The standard InChI is InChI=1S/C15H26N2O/c1-8-5-9(2)17-14(13(8)15(16)18)12-7-10-3-4-11(12)6-10/h8-14,17H,3-7H2,1-2H3,(H2,16,18). The maximum absolute atomic E-state index is 11.8. The van der Waals surface area contributed by atoms with Crippen molar-refractivity contribution < 1.29 is 4.79 Å². The van der Waals surface area contributed by atoms with Crippen molar-refractivity contribution in [2.75, 3.05) is 0 Å². The van der Waals surface area contributed by atoms with Gasteiger partial charge in [0.2, 0.25) is 5.91 Å². The number of hydrogen-bond donors (Lipinski definition) is 2. The summed E-state index contributed by atoms with van der Waals surface area (Å²) in [5.41, 5.74) is 5.68. The normalized spacial score (nSPS) is 51.6. The van der Waals surface area contributed by atoms with Crippen LogP contribution in [0.3, 0.4) is 0 Å². The zero-order chi connectivity index (χ0) is 12.9. The Balaban J connectivity index is 1.80. The molecule has 3 heteroatoms. The average molecular weight is 250 g/mol. The Labute approximate surface area is 110 Å². The molecule has 18 heavy (non-hydrogen) atoms. The van der Waals surface area contributed by atoms with Crippen molar-refractivity contribution in [1.82, 2.24) is 5.32 Å². The molecule has 0 aromatic heterocycles. The van der Waals surface area contributed by atoms with E-state index in [0.717, 1.165) is 18.3 Å². The van der Waals surface area contributed by atoms with E-state index in [4.69, 9.17) is 5.73 Å². The van der Waals surface area contributed by atoms with E-state index in [9.17, 15) is 4.79 Å². The first-order chi connectivity index (χ1) is 8.56. The quantitative estimate of drug-likeness (QED) is 0.786. The summed E-state index contributed by atoms with van der Waals surface area (Å²) in [5.74, 6) is 2.88. The fraction of sp³-hybridized carbons (Fsp3) is 0.933. The number of carbonyl (C=O) groups is 1. The van der Waals surface area contributed by atoms with Crippen LogP contribution in [-0.2, 0) is 4.79 Å². The van der Waals surface area contributed by atoms with Crippen molar-refractivity contribution >= 4 is 5.91 Å². The van der Waals surface area contributed by atoms with Gasteiger partial charge in [0.1, 0.15) is 0 Å². The van der Waals surface area contributed by atoms with Gasteiger partial charge in [-0.2, -0.15) is 0 Å². The zero-order valence-corrected chi connectivity index (χ0v) is 11.6. The molecule has 7 unspecified atom stereocenters. The van der Waals surface area contributed by atoms with Gasteiger partial charge in [0, 0.05) is 12.1 Å². The van der Waals surface area contributed by atoms with Gasteiger partial charge in [-0.1, -0.05) is 13.3 Å².